The Kier molecular flexibility index (Phi) is 7.42. The van der Waals surface area contributed by atoms with E-state index in [1.807, 2.05) is 0 Å². The van der Waals surface area contributed by atoms with Gasteiger partial charge in [0.05, 0.1) is 7.11 Å². The van der Waals surface area contributed by atoms with E-state index in [9.17, 15) is 4.79 Å². The van der Waals surface area contributed by atoms with Gasteiger partial charge in [0.15, 0.2) is 6.29 Å². The quantitative estimate of drug-likeness (QED) is 0.466. The molecule has 0 aromatic carbocycles. The number of methoxy groups -OCH3 is 3. The molecule has 0 aliphatic heterocycles. The molecule has 4 heteroatoms. The highest BCUT2D eigenvalue weighted by Crippen LogP contribution is 2.15. The van der Waals surface area contributed by atoms with E-state index in [2.05, 4.69) is 11.7 Å². The number of esters is 1. The first-order valence-electron chi connectivity index (χ1n) is 4.76. The molecule has 0 heterocycles. The van der Waals surface area contributed by atoms with Gasteiger partial charge in [-0.05, 0) is 12.3 Å². The van der Waals surface area contributed by atoms with Crippen molar-refractivity contribution in [3.8, 4) is 0 Å². The van der Waals surface area contributed by atoms with Gasteiger partial charge >= 0.3 is 5.97 Å². The highest BCUT2D eigenvalue weighted by Gasteiger charge is 2.12. The predicted molar refractivity (Wildman–Crippen MR) is 52.8 cm³/mol. The van der Waals surface area contributed by atoms with Crippen LogP contribution in [0.3, 0.4) is 0 Å². The molecule has 0 aromatic heterocycles. The molecule has 0 amide bonds. The Morgan fingerprint density at radius 3 is 2.21 bits per heavy atom. The van der Waals surface area contributed by atoms with Crippen LogP contribution in [0, 0.1) is 5.92 Å². The van der Waals surface area contributed by atoms with Gasteiger partial charge in [-0.2, -0.15) is 0 Å². The lowest BCUT2D eigenvalue weighted by molar-refractivity contribution is -0.141. The van der Waals surface area contributed by atoms with Crippen LogP contribution in [-0.2, 0) is 19.0 Å². The molecular formula is C10H20O4. The van der Waals surface area contributed by atoms with Gasteiger partial charge in [-0.1, -0.05) is 6.92 Å². The van der Waals surface area contributed by atoms with Crippen molar-refractivity contribution in [2.45, 2.75) is 32.5 Å². The fourth-order valence-electron chi connectivity index (χ4n) is 1.20. The van der Waals surface area contributed by atoms with Crippen molar-refractivity contribution in [1.82, 2.24) is 0 Å². The summed E-state index contributed by atoms with van der Waals surface area (Å²) >= 11 is 0. The van der Waals surface area contributed by atoms with Gasteiger partial charge in [-0.25, -0.2) is 0 Å². The zero-order chi connectivity index (χ0) is 11.0. The normalized spacial score (nSPS) is 12.9. The molecule has 0 aromatic rings. The van der Waals surface area contributed by atoms with Crippen LogP contribution in [0.25, 0.3) is 0 Å². The fraction of sp³-hybridized carbons (Fsp3) is 0.900. The zero-order valence-electron chi connectivity index (χ0n) is 9.41. The van der Waals surface area contributed by atoms with Crippen LogP contribution >= 0.6 is 0 Å². The molecular weight excluding hydrogens is 184 g/mol. The molecule has 1 unspecified atom stereocenters. The van der Waals surface area contributed by atoms with Gasteiger partial charge in [0.25, 0.3) is 0 Å². The largest absolute Gasteiger partial charge is 0.469 e. The molecule has 0 saturated heterocycles. The van der Waals surface area contributed by atoms with E-state index in [-0.39, 0.29) is 12.3 Å². The second-order valence-electron chi connectivity index (χ2n) is 3.36. The van der Waals surface area contributed by atoms with E-state index in [0.29, 0.717) is 12.3 Å². The van der Waals surface area contributed by atoms with E-state index < -0.39 is 0 Å². The lowest BCUT2D eigenvalue weighted by Gasteiger charge is -2.17. The third-order valence-corrected chi connectivity index (χ3v) is 2.19. The lowest BCUT2D eigenvalue weighted by atomic mass is 10.0. The average molecular weight is 204 g/mol. The van der Waals surface area contributed by atoms with Crippen LogP contribution < -0.4 is 0 Å². The molecule has 0 spiro atoms. The first-order valence-corrected chi connectivity index (χ1v) is 4.76. The van der Waals surface area contributed by atoms with Crippen molar-refractivity contribution in [3.05, 3.63) is 0 Å². The molecule has 1 atom stereocenters. The van der Waals surface area contributed by atoms with Gasteiger partial charge in [-0.3, -0.25) is 4.79 Å². The summed E-state index contributed by atoms with van der Waals surface area (Å²) in [4.78, 5) is 10.9. The second kappa shape index (κ2) is 7.76. The van der Waals surface area contributed by atoms with Crippen LogP contribution in [-0.4, -0.2) is 33.6 Å². The van der Waals surface area contributed by atoms with Crippen LogP contribution in [0.5, 0.6) is 0 Å². The third-order valence-electron chi connectivity index (χ3n) is 2.19. The van der Waals surface area contributed by atoms with Crippen molar-refractivity contribution >= 4 is 5.97 Å². The first-order chi connectivity index (χ1) is 6.63. The number of hydrogen-bond donors (Lipinski definition) is 0. The molecule has 0 bridgehead atoms. The van der Waals surface area contributed by atoms with Gasteiger partial charge in [0.1, 0.15) is 0 Å². The summed E-state index contributed by atoms with van der Waals surface area (Å²) in [5.41, 5.74) is 0. The van der Waals surface area contributed by atoms with Gasteiger partial charge in [0, 0.05) is 27.1 Å². The minimum Gasteiger partial charge on any atom is -0.469 e. The fourth-order valence-corrected chi connectivity index (χ4v) is 1.20. The Balaban J connectivity index is 3.63. The molecule has 84 valence electrons. The average Bonchev–Trinajstić information content (AvgIpc) is 2.22. The maximum absolute atomic E-state index is 10.9. The Bertz CT molecular complexity index is 154. The number of carbonyl (C=O) groups is 1. The number of ether oxygens (including phenoxy) is 3. The SMILES string of the molecule is COC(=O)CCC(C)CC(OC)OC. The minimum absolute atomic E-state index is 0.164. The van der Waals surface area contributed by atoms with Crippen LogP contribution in [0.4, 0.5) is 0 Å². The molecule has 0 saturated carbocycles. The highest BCUT2D eigenvalue weighted by molar-refractivity contribution is 5.69. The molecule has 0 aliphatic carbocycles. The maximum atomic E-state index is 10.9. The molecule has 0 rings (SSSR count). The van der Waals surface area contributed by atoms with Crippen molar-refractivity contribution in [3.63, 3.8) is 0 Å². The molecule has 4 nitrogen and oxygen atoms in total. The summed E-state index contributed by atoms with van der Waals surface area (Å²) < 4.78 is 14.7. The van der Waals surface area contributed by atoms with Crippen LogP contribution in [0.2, 0.25) is 0 Å². The van der Waals surface area contributed by atoms with Crippen molar-refractivity contribution in [2.75, 3.05) is 21.3 Å². The standard InChI is InChI=1S/C10H20O4/c1-8(5-6-9(11)12-2)7-10(13-3)14-4/h8,10H,5-7H2,1-4H3. The summed E-state index contributed by atoms with van der Waals surface area (Å²) in [5.74, 6) is 0.224. The molecule has 0 radical (unpaired) electrons. The van der Waals surface area contributed by atoms with E-state index in [4.69, 9.17) is 9.47 Å². The van der Waals surface area contributed by atoms with E-state index in [0.717, 1.165) is 12.8 Å². The van der Waals surface area contributed by atoms with Gasteiger partial charge in [-0.15, -0.1) is 0 Å². The van der Waals surface area contributed by atoms with Gasteiger partial charge in [0.2, 0.25) is 0 Å². The Hall–Kier alpha value is -0.610. The minimum atomic E-state index is -0.178. The smallest absolute Gasteiger partial charge is 0.305 e. The highest BCUT2D eigenvalue weighted by atomic mass is 16.7. The second-order valence-corrected chi connectivity index (χ2v) is 3.36. The Morgan fingerprint density at radius 1 is 1.21 bits per heavy atom. The maximum Gasteiger partial charge on any atom is 0.305 e. The van der Waals surface area contributed by atoms with Crippen molar-refractivity contribution in [1.29, 1.82) is 0 Å². The van der Waals surface area contributed by atoms with E-state index in [1.54, 1.807) is 14.2 Å². The molecule has 0 fully saturated rings. The summed E-state index contributed by atoms with van der Waals surface area (Å²) in [6, 6.07) is 0. The van der Waals surface area contributed by atoms with Crippen molar-refractivity contribution in [2.24, 2.45) is 5.92 Å². The molecule has 14 heavy (non-hydrogen) atoms. The molecule has 0 N–H and O–H groups in total. The summed E-state index contributed by atoms with van der Waals surface area (Å²) in [6.07, 6.45) is 1.88. The monoisotopic (exact) mass is 204 g/mol. The molecule has 0 aliphatic rings. The number of rotatable bonds is 7. The lowest BCUT2D eigenvalue weighted by Crippen LogP contribution is -2.17. The summed E-state index contributed by atoms with van der Waals surface area (Å²) in [5, 5.41) is 0. The topological polar surface area (TPSA) is 44.8 Å². The third kappa shape index (κ3) is 5.94. The number of hydrogen-bond acceptors (Lipinski definition) is 4. The van der Waals surface area contributed by atoms with E-state index in [1.165, 1.54) is 7.11 Å². The first kappa shape index (κ1) is 13.4. The zero-order valence-corrected chi connectivity index (χ0v) is 9.41. The summed E-state index contributed by atoms with van der Waals surface area (Å²) in [7, 11) is 4.63. The van der Waals surface area contributed by atoms with Crippen molar-refractivity contribution < 1.29 is 19.0 Å². The number of carbonyl (C=O) groups excluding carboxylic acids is 1. The van der Waals surface area contributed by atoms with Gasteiger partial charge < -0.3 is 14.2 Å². The van der Waals surface area contributed by atoms with Crippen LogP contribution in [0.15, 0.2) is 0 Å². The van der Waals surface area contributed by atoms with E-state index >= 15 is 0 Å². The Labute approximate surface area is 85.5 Å². The Morgan fingerprint density at radius 2 is 1.79 bits per heavy atom. The van der Waals surface area contributed by atoms with Crippen LogP contribution in [0.1, 0.15) is 26.2 Å². The summed E-state index contributed by atoms with van der Waals surface area (Å²) in [6.45, 7) is 2.06. The predicted octanol–water partition coefficient (Wildman–Crippen LogP) is 1.58.